The maximum atomic E-state index is 13.3. The average molecular weight is 472 g/mol. The predicted octanol–water partition coefficient (Wildman–Crippen LogP) is 3.01. The number of nitrogens with zero attached hydrogens (tertiary/aromatic N) is 5. The molecule has 2 aromatic carbocycles. The Bertz CT molecular complexity index is 1360. The predicted molar refractivity (Wildman–Crippen MR) is 130 cm³/mol. The first-order valence-electron chi connectivity index (χ1n) is 11.3. The molecule has 178 valence electrons. The van der Waals surface area contributed by atoms with Gasteiger partial charge in [0.1, 0.15) is 17.1 Å². The molecule has 3 heterocycles. The number of amides is 2. The number of rotatable bonds is 5. The highest BCUT2D eigenvalue weighted by atomic mass is 16.5. The van der Waals surface area contributed by atoms with Crippen LogP contribution in [0, 0.1) is 0 Å². The monoisotopic (exact) mass is 471 g/mol. The summed E-state index contributed by atoms with van der Waals surface area (Å²) in [5.41, 5.74) is 3.29. The molecule has 0 aliphatic carbocycles. The Morgan fingerprint density at radius 1 is 0.829 bits per heavy atom. The summed E-state index contributed by atoms with van der Waals surface area (Å²) in [4.78, 5) is 34.3. The molecule has 0 unspecified atom stereocenters. The van der Waals surface area contributed by atoms with Crippen molar-refractivity contribution in [3.63, 3.8) is 0 Å². The van der Waals surface area contributed by atoms with Gasteiger partial charge < -0.3 is 19.3 Å². The number of fused-ring (bicyclic) bond motifs is 1. The van der Waals surface area contributed by atoms with E-state index < -0.39 is 0 Å². The largest absolute Gasteiger partial charge is 0.497 e. The van der Waals surface area contributed by atoms with Gasteiger partial charge in [-0.05, 0) is 18.2 Å². The van der Waals surface area contributed by atoms with Crippen molar-refractivity contribution in [1.82, 2.24) is 24.4 Å². The van der Waals surface area contributed by atoms with Crippen LogP contribution in [0.1, 0.15) is 20.7 Å². The summed E-state index contributed by atoms with van der Waals surface area (Å²) in [6.45, 7) is 1.68. The number of hydrogen-bond acceptors (Lipinski definition) is 6. The minimum Gasteiger partial charge on any atom is -0.497 e. The number of benzene rings is 2. The molecule has 9 heteroatoms. The molecule has 1 saturated heterocycles. The molecule has 0 bridgehead atoms. The third-order valence-corrected chi connectivity index (χ3v) is 6.15. The van der Waals surface area contributed by atoms with Gasteiger partial charge in [0.15, 0.2) is 5.65 Å². The molecular formula is C26H25N5O4. The van der Waals surface area contributed by atoms with Crippen LogP contribution in [0.5, 0.6) is 11.5 Å². The second-order valence-corrected chi connectivity index (χ2v) is 8.18. The Hall–Kier alpha value is -4.40. The minimum atomic E-state index is -0.145. The lowest BCUT2D eigenvalue weighted by Gasteiger charge is -2.34. The quantitative estimate of drug-likeness (QED) is 0.445. The highest BCUT2D eigenvalue weighted by Gasteiger charge is 2.28. The van der Waals surface area contributed by atoms with Gasteiger partial charge in [0.2, 0.25) is 0 Å². The Balaban J connectivity index is 1.31. The fourth-order valence-electron chi connectivity index (χ4n) is 4.27. The van der Waals surface area contributed by atoms with Crippen LogP contribution in [-0.2, 0) is 0 Å². The highest BCUT2D eigenvalue weighted by Crippen LogP contribution is 2.25. The summed E-state index contributed by atoms with van der Waals surface area (Å²) in [6, 6.07) is 16.8. The summed E-state index contributed by atoms with van der Waals surface area (Å²) >= 11 is 0. The van der Waals surface area contributed by atoms with E-state index in [1.165, 1.54) is 0 Å². The van der Waals surface area contributed by atoms with Crippen LogP contribution in [0.15, 0.2) is 67.0 Å². The highest BCUT2D eigenvalue weighted by molar-refractivity contribution is 6.00. The Labute approximate surface area is 202 Å². The van der Waals surface area contributed by atoms with E-state index in [0.717, 1.165) is 11.3 Å². The summed E-state index contributed by atoms with van der Waals surface area (Å²) in [5.74, 6) is 0.834. The third kappa shape index (κ3) is 4.28. The molecular weight excluding hydrogens is 446 g/mol. The van der Waals surface area contributed by atoms with Crippen molar-refractivity contribution in [2.75, 3.05) is 40.4 Å². The lowest BCUT2D eigenvalue weighted by Crippen LogP contribution is -2.50. The van der Waals surface area contributed by atoms with E-state index in [1.807, 2.05) is 36.4 Å². The molecule has 0 spiro atoms. The standard InChI is InChI=1S/C26H25N5O4/c1-34-20-14-19(15-21(16-20)35-2)25(32)29-10-12-30(13-11-29)26(33)22-17-28-31-23(8-9-27-24(22)31)18-6-4-3-5-7-18/h3-9,14-17H,10-13H2,1-2H3. The van der Waals surface area contributed by atoms with Crippen LogP contribution >= 0.6 is 0 Å². The number of aromatic nitrogens is 3. The van der Waals surface area contributed by atoms with E-state index >= 15 is 0 Å². The van der Waals surface area contributed by atoms with Crippen LogP contribution in [0.4, 0.5) is 0 Å². The van der Waals surface area contributed by atoms with Gasteiger partial charge >= 0.3 is 0 Å². The van der Waals surface area contributed by atoms with E-state index in [1.54, 1.807) is 59.1 Å². The van der Waals surface area contributed by atoms with Crippen LogP contribution in [0.2, 0.25) is 0 Å². The molecule has 5 rings (SSSR count). The van der Waals surface area contributed by atoms with Gasteiger partial charge in [-0.25, -0.2) is 9.50 Å². The molecule has 0 saturated carbocycles. The van der Waals surface area contributed by atoms with Crippen molar-refractivity contribution >= 4 is 17.5 Å². The SMILES string of the molecule is COc1cc(OC)cc(C(=O)N2CCN(C(=O)c3cnn4c(-c5ccccc5)ccnc34)CC2)c1. The van der Waals surface area contributed by atoms with Crippen LogP contribution in [-0.4, -0.2) is 76.6 Å². The first-order chi connectivity index (χ1) is 17.1. The zero-order chi connectivity index (χ0) is 24.4. The normalized spacial score (nSPS) is 13.7. The van der Waals surface area contributed by atoms with Gasteiger partial charge in [0.05, 0.1) is 26.1 Å². The summed E-state index contributed by atoms with van der Waals surface area (Å²) < 4.78 is 12.3. The smallest absolute Gasteiger partial charge is 0.259 e. The number of methoxy groups -OCH3 is 2. The molecule has 35 heavy (non-hydrogen) atoms. The van der Waals surface area contributed by atoms with Crippen LogP contribution < -0.4 is 9.47 Å². The van der Waals surface area contributed by atoms with Gasteiger partial charge in [-0.15, -0.1) is 0 Å². The molecule has 1 aliphatic rings. The second kappa shape index (κ2) is 9.46. The summed E-state index contributed by atoms with van der Waals surface area (Å²) in [7, 11) is 3.09. The Morgan fingerprint density at radius 3 is 2.09 bits per heavy atom. The van der Waals surface area contributed by atoms with Crippen molar-refractivity contribution in [3.8, 4) is 22.8 Å². The zero-order valence-electron chi connectivity index (χ0n) is 19.5. The lowest BCUT2D eigenvalue weighted by atomic mass is 10.1. The molecule has 2 amide bonds. The van der Waals surface area contributed by atoms with E-state index in [4.69, 9.17) is 9.47 Å². The maximum Gasteiger partial charge on any atom is 0.259 e. The number of ether oxygens (including phenoxy) is 2. The average Bonchev–Trinajstić information content (AvgIpc) is 3.37. The Kier molecular flexibility index (Phi) is 6.05. The first-order valence-corrected chi connectivity index (χ1v) is 11.3. The summed E-state index contributed by atoms with van der Waals surface area (Å²) in [5, 5.41) is 4.44. The molecule has 0 radical (unpaired) electrons. The molecule has 1 fully saturated rings. The molecule has 0 atom stereocenters. The first kappa shape index (κ1) is 22.4. The van der Waals surface area contributed by atoms with Crippen molar-refractivity contribution in [3.05, 3.63) is 78.1 Å². The minimum absolute atomic E-state index is 0.126. The van der Waals surface area contributed by atoms with Crippen LogP contribution in [0.25, 0.3) is 16.9 Å². The third-order valence-electron chi connectivity index (χ3n) is 6.15. The van der Waals surface area contributed by atoms with Crippen LogP contribution in [0.3, 0.4) is 0 Å². The van der Waals surface area contributed by atoms with Gasteiger partial charge in [0, 0.05) is 49.6 Å². The fraction of sp³-hybridized carbons (Fsp3) is 0.231. The topological polar surface area (TPSA) is 89.3 Å². The molecule has 2 aromatic heterocycles. The molecule has 9 nitrogen and oxygen atoms in total. The van der Waals surface area contributed by atoms with E-state index in [9.17, 15) is 9.59 Å². The molecule has 4 aromatic rings. The van der Waals surface area contributed by atoms with Crippen molar-refractivity contribution in [1.29, 1.82) is 0 Å². The fourth-order valence-corrected chi connectivity index (χ4v) is 4.27. The van der Waals surface area contributed by atoms with E-state index in [-0.39, 0.29) is 11.8 Å². The van der Waals surface area contributed by atoms with Crippen molar-refractivity contribution in [2.24, 2.45) is 0 Å². The summed E-state index contributed by atoms with van der Waals surface area (Å²) in [6.07, 6.45) is 3.26. The van der Waals surface area contributed by atoms with Gasteiger partial charge in [-0.3, -0.25) is 9.59 Å². The van der Waals surface area contributed by atoms with E-state index in [2.05, 4.69) is 10.1 Å². The van der Waals surface area contributed by atoms with Gasteiger partial charge in [0.25, 0.3) is 11.8 Å². The number of carbonyl (C=O) groups excluding carboxylic acids is 2. The number of piperazine rings is 1. The van der Waals surface area contributed by atoms with Gasteiger partial charge in [-0.1, -0.05) is 30.3 Å². The lowest BCUT2D eigenvalue weighted by molar-refractivity contribution is 0.0536. The Morgan fingerprint density at radius 2 is 1.46 bits per heavy atom. The molecule has 1 aliphatic heterocycles. The van der Waals surface area contributed by atoms with Crippen molar-refractivity contribution in [2.45, 2.75) is 0 Å². The number of hydrogen-bond donors (Lipinski definition) is 0. The number of carbonyl (C=O) groups is 2. The maximum absolute atomic E-state index is 13.3. The van der Waals surface area contributed by atoms with E-state index in [0.29, 0.717) is 54.5 Å². The zero-order valence-corrected chi connectivity index (χ0v) is 19.5. The second-order valence-electron chi connectivity index (χ2n) is 8.18. The van der Waals surface area contributed by atoms with Crippen molar-refractivity contribution < 1.29 is 19.1 Å². The molecule has 0 N–H and O–H groups in total. The van der Waals surface area contributed by atoms with Gasteiger partial charge in [-0.2, -0.15) is 5.10 Å².